The average molecular weight is 265 g/mol. The molecule has 1 aliphatic heterocycles. The highest BCUT2D eigenvalue weighted by Crippen LogP contribution is 2.13. The van der Waals surface area contributed by atoms with Crippen LogP contribution in [-0.4, -0.2) is 54.8 Å². The van der Waals surface area contributed by atoms with E-state index >= 15 is 0 Å². The Kier molecular flexibility index (Phi) is 4.61. The van der Waals surface area contributed by atoms with Gasteiger partial charge in [-0.2, -0.15) is 0 Å². The molecule has 1 aromatic rings. The van der Waals surface area contributed by atoms with Gasteiger partial charge in [0.2, 0.25) is 0 Å². The van der Waals surface area contributed by atoms with E-state index in [-0.39, 0.29) is 18.1 Å². The van der Waals surface area contributed by atoms with Gasteiger partial charge in [0.05, 0.1) is 12.7 Å². The molecule has 1 amide bonds. The minimum absolute atomic E-state index is 0.0490. The monoisotopic (exact) mass is 265 g/mol. The van der Waals surface area contributed by atoms with Crippen molar-refractivity contribution in [2.75, 3.05) is 33.3 Å². The number of likely N-dealkylation sites (N-methyl/N-ethyl adjacent to an activating group) is 1. The molecule has 106 valence electrons. The maximum absolute atomic E-state index is 12.4. The molecule has 0 radical (unpaired) electrons. The number of aromatic nitrogens is 1. The molecule has 19 heavy (non-hydrogen) atoms. The molecule has 1 atom stereocenters. The normalized spacial score (nSPS) is 19.7. The van der Waals surface area contributed by atoms with E-state index in [1.54, 1.807) is 4.90 Å². The number of ether oxygens (including phenoxy) is 1. The predicted molar refractivity (Wildman–Crippen MR) is 74.4 cm³/mol. The lowest BCUT2D eigenvalue weighted by Crippen LogP contribution is -2.46. The van der Waals surface area contributed by atoms with E-state index in [1.807, 2.05) is 29.9 Å². The largest absolute Gasteiger partial charge is 0.374 e. The van der Waals surface area contributed by atoms with Gasteiger partial charge >= 0.3 is 0 Å². The van der Waals surface area contributed by atoms with Crippen molar-refractivity contribution in [1.82, 2.24) is 14.8 Å². The quantitative estimate of drug-likeness (QED) is 0.887. The van der Waals surface area contributed by atoms with Gasteiger partial charge in [0.15, 0.2) is 0 Å². The third-order valence-electron chi connectivity index (χ3n) is 3.38. The summed E-state index contributed by atoms with van der Waals surface area (Å²) in [7, 11) is 1.83. The summed E-state index contributed by atoms with van der Waals surface area (Å²) in [4.78, 5) is 14.2. The molecule has 1 N–H and O–H groups in total. The predicted octanol–water partition coefficient (Wildman–Crippen LogP) is 1.13. The van der Waals surface area contributed by atoms with Crippen LogP contribution in [0.4, 0.5) is 0 Å². The first-order chi connectivity index (χ1) is 9.09. The zero-order valence-corrected chi connectivity index (χ0v) is 11.9. The van der Waals surface area contributed by atoms with Crippen LogP contribution >= 0.6 is 0 Å². The van der Waals surface area contributed by atoms with Crippen LogP contribution in [0.5, 0.6) is 0 Å². The summed E-state index contributed by atoms with van der Waals surface area (Å²) < 4.78 is 7.63. The molecule has 1 aliphatic rings. The molecular formula is C14H23N3O2. The highest BCUT2D eigenvalue weighted by Gasteiger charge is 2.21. The van der Waals surface area contributed by atoms with Crippen LogP contribution in [0.1, 0.15) is 30.4 Å². The molecule has 1 aromatic heterocycles. The second-order valence-electron chi connectivity index (χ2n) is 5.28. The Bertz CT molecular complexity index is 422. The van der Waals surface area contributed by atoms with Gasteiger partial charge in [0.25, 0.3) is 5.91 Å². The maximum atomic E-state index is 12.4. The summed E-state index contributed by atoms with van der Waals surface area (Å²) in [6.07, 6.45) is 2.04. The number of nitrogens with zero attached hydrogens (tertiary/aromatic N) is 2. The summed E-state index contributed by atoms with van der Waals surface area (Å²) in [6.45, 7) is 7.19. The Morgan fingerprint density at radius 1 is 1.63 bits per heavy atom. The lowest BCUT2D eigenvalue weighted by Gasteiger charge is -2.28. The molecule has 1 unspecified atom stereocenters. The average Bonchev–Trinajstić information content (AvgIpc) is 2.88. The summed E-state index contributed by atoms with van der Waals surface area (Å²) >= 11 is 0. The van der Waals surface area contributed by atoms with E-state index in [4.69, 9.17) is 4.74 Å². The number of nitrogens with one attached hydrogen (secondary N) is 1. The smallest absolute Gasteiger partial charge is 0.270 e. The summed E-state index contributed by atoms with van der Waals surface area (Å²) in [5.74, 6) is 0.0490. The van der Waals surface area contributed by atoms with Crippen molar-refractivity contribution in [3.8, 4) is 0 Å². The van der Waals surface area contributed by atoms with Crippen LogP contribution in [0.15, 0.2) is 18.3 Å². The number of carbonyl (C=O) groups excluding carboxylic acids is 1. The first-order valence-electron chi connectivity index (χ1n) is 6.84. The van der Waals surface area contributed by atoms with Gasteiger partial charge in [0, 0.05) is 38.9 Å². The van der Waals surface area contributed by atoms with Crippen molar-refractivity contribution in [3.63, 3.8) is 0 Å². The van der Waals surface area contributed by atoms with E-state index in [2.05, 4.69) is 19.2 Å². The number of amides is 1. The number of hydrogen-bond acceptors (Lipinski definition) is 3. The zero-order valence-electron chi connectivity index (χ0n) is 11.9. The van der Waals surface area contributed by atoms with Crippen LogP contribution in [0, 0.1) is 0 Å². The van der Waals surface area contributed by atoms with Crippen molar-refractivity contribution in [2.24, 2.45) is 0 Å². The van der Waals surface area contributed by atoms with Gasteiger partial charge in [-0.05, 0) is 26.0 Å². The number of rotatable bonds is 4. The van der Waals surface area contributed by atoms with Crippen LogP contribution in [0.2, 0.25) is 0 Å². The molecule has 5 heteroatoms. The van der Waals surface area contributed by atoms with E-state index in [9.17, 15) is 4.79 Å². The molecule has 0 spiro atoms. The molecule has 2 heterocycles. The van der Waals surface area contributed by atoms with E-state index in [0.717, 1.165) is 25.4 Å². The van der Waals surface area contributed by atoms with Crippen molar-refractivity contribution in [2.45, 2.75) is 26.0 Å². The van der Waals surface area contributed by atoms with Crippen LogP contribution in [-0.2, 0) is 4.74 Å². The Balaban J connectivity index is 1.99. The summed E-state index contributed by atoms with van der Waals surface area (Å²) in [5, 5.41) is 3.28. The third-order valence-corrected chi connectivity index (χ3v) is 3.38. The fraction of sp³-hybridized carbons (Fsp3) is 0.643. The third kappa shape index (κ3) is 3.36. The van der Waals surface area contributed by atoms with Crippen LogP contribution in [0.25, 0.3) is 0 Å². The van der Waals surface area contributed by atoms with Gasteiger partial charge in [-0.15, -0.1) is 0 Å². The number of carbonyl (C=O) groups is 1. The molecule has 2 rings (SSSR count). The van der Waals surface area contributed by atoms with Crippen molar-refractivity contribution >= 4 is 5.91 Å². The molecule has 0 saturated carbocycles. The SMILES string of the molecule is CC(C)n1cccc1C(=O)N(C)CC1CNCCO1. The van der Waals surface area contributed by atoms with E-state index in [0.29, 0.717) is 6.54 Å². The summed E-state index contributed by atoms with van der Waals surface area (Å²) in [6, 6.07) is 4.08. The summed E-state index contributed by atoms with van der Waals surface area (Å²) in [5.41, 5.74) is 0.737. The zero-order chi connectivity index (χ0) is 13.8. The molecule has 0 aliphatic carbocycles. The van der Waals surface area contributed by atoms with Gasteiger partial charge in [-0.1, -0.05) is 0 Å². The Labute approximate surface area is 114 Å². The fourth-order valence-electron chi connectivity index (χ4n) is 2.35. The molecule has 1 saturated heterocycles. The fourth-order valence-corrected chi connectivity index (χ4v) is 2.35. The van der Waals surface area contributed by atoms with Gasteiger partial charge in [-0.25, -0.2) is 0 Å². The first kappa shape index (κ1) is 14.1. The maximum Gasteiger partial charge on any atom is 0.270 e. The Hall–Kier alpha value is -1.33. The van der Waals surface area contributed by atoms with Crippen LogP contribution < -0.4 is 5.32 Å². The molecular weight excluding hydrogens is 242 g/mol. The minimum atomic E-state index is 0.0490. The van der Waals surface area contributed by atoms with E-state index in [1.165, 1.54) is 0 Å². The highest BCUT2D eigenvalue weighted by atomic mass is 16.5. The Morgan fingerprint density at radius 3 is 3.05 bits per heavy atom. The minimum Gasteiger partial charge on any atom is -0.374 e. The van der Waals surface area contributed by atoms with Gasteiger partial charge in [-0.3, -0.25) is 4.79 Å². The molecule has 0 aromatic carbocycles. The van der Waals surface area contributed by atoms with Crippen molar-refractivity contribution < 1.29 is 9.53 Å². The lowest BCUT2D eigenvalue weighted by atomic mass is 10.2. The van der Waals surface area contributed by atoms with Crippen LogP contribution in [0.3, 0.4) is 0 Å². The highest BCUT2D eigenvalue weighted by molar-refractivity contribution is 5.92. The Morgan fingerprint density at radius 2 is 2.42 bits per heavy atom. The first-order valence-corrected chi connectivity index (χ1v) is 6.84. The number of morpholine rings is 1. The van der Waals surface area contributed by atoms with Crippen molar-refractivity contribution in [1.29, 1.82) is 0 Å². The second kappa shape index (κ2) is 6.21. The second-order valence-corrected chi connectivity index (χ2v) is 5.28. The molecule has 1 fully saturated rings. The topological polar surface area (TPSA) is 46.5 Å². The van der Waals surface area contributed by atoms with E-state index < -0.39 is 0 Å². The standard InChI is InChI=1S/C14H23N3O2/c1-11(2)17-7-4-5-13(17)14(18)16(3)10-12-9-15-6-8-19-12/h4-5,7,11-12,15H,6,8-10H2,1-3H3. The van der Waals surface area contributed by atoms with Gasteiger partial charge in [0.1, 0.15) is 5.69 Å². The lowest BCUT2D eigenvalue weighted by molar-refractivity contribution is 0.0101. The van der Waals surface area contributed by atoms with Crippen molar-refractivity contribution in [3.05, 3.63) is 24.0 Å². The number of hydrogen-bond donors (Lipinski definition) is 1. The van der Waals surface area contributed by atoms with Gasteiger partial charge < -0.3 is 19.5 Å². The molecule has 0 bridgehead atoms. The molecule has 5 nitrogen and oxygen atoms in total.